The van der Waals surface area contributed by atoms with E-state index < -0.39 is 0 Å². The highest BCUT2D eigenvalue weighted by Gasteiger charge is 2.37. The van der Waals surface area contributed by atoms with Crippen LogP contribution in [-0.4, -0.2) is 24.3 Å². The maximum Gasteiger partial charge on any atom is 0.309 e. The lowest BCUT2D eigenvalue weighted by Gasteiger charge is -2.12. The molecule has 0 unspecified atom stereocenters. The SMILES string of the molecule is COC(=O)[C@@H]1C[C@@H](O)C[C@H]1/C=C/I. The highest BCUT2D eigenvalue weighted by Crippen LogP contribution is 2.34. The highest BCUT2D eigenvalue weighted by molar-refractivity contribution is 14.1. The second-order valence-electron chi connectivity index (χ2n) is 3.24. The average molecular weight is 296 g/mol. The Morgan fingerprint density at radius 1 is 1.62 bits per heavy atom. The Balaban J connectivity index is 2.65. The first-order chi connectivity index (χ1) is 6.19. The summed E-state index contributed by atoms with van der Waals surface area (Å²) >= 11 is 2.12. The quantitative estimate of drug-likeness (QED) is 0.620. The predicted octanol–water partition coefficient (Wildman–Crippen LogP) is 1.50. The van der Waals surface area contributed by atoms with Gasteiger partial charge in [-0.15, -0.1) is 0 Å². The molecule has 1 N–H and O–H groups in total. The van der Waals surface area contributed by atoms with E-state index in [0.29, 0.717) is 12.8 Å². The molecule has 0 heterocycles. The molecule has 74 valence electrons. The van der Waals surface area contributed by atoms with E-state index >= 15 is 0 Å². The van der Waals surface area contributed by atoms with Crippen molar-refractivity contribution >= 4 is 28.6 Å². The van der Waals surface area contributed by atoms with Gasteiger partial charge < -0.3 is 9.84 Å². The number of halogens is 1. The Morgan fingerprint density at radius 2 is 2.31 bits per heavy atom. The van der Waals surface area contributed by atoms with Crippen LogP contribution in [0, 0.1) is 11.8 Å². The van der Waals surface area contributed by atoms with Crippen molar-refractivity contribution < 1.29 is 14.6 Å². The standard InChI is InChI=1S/C9H13IO3/c1-13-9(12)8-5-7(11)4-6(8)2-3-10/h2-3,6-8,11H,4-5H2,1H3/b3-2+/t6-,7+,8-/m1/s1. The summed E-state index contributed by atoms with van der Waals surface area (Å²) in [6.45, 7) is 0. The van der Waals surface area contributed by atoms with E-state index in [9.17, 15) is 9.90 Å². The van der Waals surface area contributed by atoms with E-state index in [2.05, 4.69) is 27.3 Å². The second kappa shape index (κ2) is 4.95. The molecule has 0 spiro atoms. The number of carbonyl (C=O) groups excluding carboxylic acids is 1. The number of allylic oxidation sites excluding steroid dienone is 1. The first-order valence-electron chi connectivity index (χ1n) is 4.21. The first-order valence-corrected chi connectivity index (χ1v) is 5.46. The van der Waals surface area contributed by atoms with Crippen LogP contribution in [-0.2, 0) is 9.53 Å². The molecule has 0 aliphatic heterocycles. The molecule has 0 aromatic rings. The van der Waals surface area contributed by atoms with Gasteiger partial charge in [0.2, 0.25) is 0 Å². The van der Waals surface area contributed by atoms with Crippen molar-refractivity contribution in [1.29, 1.82) is 0 Å². The topological polar surface area (TPSA) is 46.5 Å². The summed E-state index contributed by atoms with van der Waals surface area (Å²) in [5, 5.41) is 9.40. The molecule has 4 heteroatoms. The third-order valence-corrected chi connectivity index (χ3v) is 2.83. The summed E-state index contributed by atoms with van der Waals surface area (Å²) in [6.07, 6.45) is 2.79. The van der Waals surface area contributed by atoms with Gasteiger partial charge in [0.15, 0.2) is 0 Å². The number of methoxy groups -OCH3 is 1. The van der Waals surface area contributed by atoms with Gasteiger partial charge in [-0.05, 0) is 22.8 Å². The van der Waals surface area contributed by atoms with Crippen LogP contribution in [0.3, 0.4) is 0 Å². The molecule has 0 aromatic heterocycles. The van der Waals surface area contributed by atoms with Crippen molar-refractivity contribution in [3.05, 3.63) is 10.2 Å². The van der Waals surface area contributed by atoms with E-state index in [1.807, 2.05) is 10.2 Å². The number of hydrogen-bond donors (Lipinski definition) is 1. The largest absolute Gasteiger partial charge is 0.469 e. The molecule has 0 bridgehead atoms. The molecule has 1 fully saturated rings. The maximum atomic E-state index is 11.3. The fraction of sp³-hybridized carbons (Fsp3) is 0.667. The van der Waals surface area contributed by atoms with E-state index in [4.69, 9.17) is 0 Å². The van der Waals surface area contributed by atoms with Crippen LogP contribution >= 0.6 is 22.6 Å². The maximum absolute atomic E-state index is 11.3. The molecular formula is C9H13IO3. The lowest BCUT2D eigenvalue weighted by molar-refractivity contribution is -0.146. The zero-order valence-electron chi connectivity index (χ0n) is 7.44. The minimum atomic E-state index is -0.360. The van der Waals surface area contributed by atoms with Gasteiger partial charge >= 0.3 is 5.97 Å². The van der Waals surface area contributed by atoms with E-state index in [0.717, 1.165) is 0 Å². The van der Waals surface area contributed by atoms with Crippen LogP contribution in [0.4, 0.5) is 0 Å². The molecule has 1 aliphatic rings. The summed E-state index contributed by atoms with van der Waals surface area (Å²) in [6, 6.07) is 0. The van der Waals surface area contributed by atoms with Gasteiger partial charge in [0.05, 0.1) is 19.1 Å². The summed E-state index contributed by atoms with van der Waals surface area (Å²) < 4.78 is 6.56. The van der Waals surface area contributed by atoms with Gasteiger partial charge in [-0.1, -0.05) is 28.7 Å². The van der Waals surface area contributed by atoms with Crippen molar-refractivity contribution in [2.45, 2.75) is 18.9 Å². The third-order valence-electron chi connectivity index (χ3n) is 2.41. The average Bonchev–Trinajstić information content (AvgIpc) is 2.46. The molecule has 0 aromatic carbocycles. The van der Waals surface area contributed by atoms with Crippen molar-refractivity contribution in [2.24, 2.45) is 11.8 Å². The smallest absolute Gasteiger partial charge is 0.309 e. The minimum Gasteiger partial charge on any atom is -0.469 e. The monoisotopic (exact) mass is 296 g/mol. The molecule has 3 nitrogen and oxygen atoms in total. The van der Waals surface area contributed by atoms with Crippen LogP contribution in [0.2, 0.25) is 0 Å². The van der Waals surface area contributed by atoms with Crippen LogP contribution in [0.25, 0.3) is 0 Å². The summed E-state index contributed by atoms with van der Waals surface area (Å²) in [7, 11) is 1.39. The van der Waals surface area contributed by atoms with Crippen LogP contribution < -0.4 is 0 Å². The van der Waals surface area contributed by atoms with Gasteiger partial charge in [0, 0.05) is 0 Å². The van der Waals surface area contributed by atoms with Gasteiger partial charge in [-0.25, -0.2) is 0 Å². The zero-order chi connectivity index (χ0) is 9.84. The lowest BCUT2D eigenvalue weighted by Crippen LogP contribution is -2.19. The molecule has 0 amide bonds. The van der Waals surface area contributed by atoms with E-state index in [1.165, 1.54) is 7.11 Å². The minimum absolute atomic E-state index is 0.138. The highest BCUT2D eigenvalue weighted by atomic mass is 127. The molecule has 13 heavy (non-hydrogen) atoms. The van der Waals surface area contributed by atoms with Crippen LogP contribution in [0.5, 0.6) is 0 Å². The van der Waals surface area contributed by atoms with Crippen molar-refractivity contribution in [2.75, 3.05) is 7.11 Å². The Kier molecular flexibility index (Phi) is 4.18. The number of aliphatic hydroxyl groups is 1. The fourth-order valence-electron chi connectivity index (χ4n) is 1.77. The molecule has 1 aliphatic carbocycles. The Hall–Kier alpha value is -0.100. The predicted molar refractivity (Wildman–Crippen MR) is 57.4 cm³/mol. The van der Waals surface area contributed by atoms with Gasteiger partial charge in [0.25, 0.3) is 0 Å². The molecule has 1 rings (SSSR count). The van der Waals surface area contributed by atoms with Gasteiger partial charge in [-0.2, -0.15) is 0 Å². The molecule has 0 radical (unpaired) electrons. The summed E-state index contributed by atoms with van der Waals surface area (Å²) in [4.78, 5) is 11.3. The van der Waals surface area contributed by atoms with E-state index in [1.54, 1.807) is 0 Å². The lowest BCUT2D eigenvalue weighted by atomic mass is 9.97. The molecule has 0 saturated heterocycles. The van der Waals surface area contributed by atoms with Gasteiger partial charge in [0.1, 0.15) is 0 Å². The third kappa shape index (κ3) is 2.67. The van der Waals surface area contributed by atoms with E-state index in [-0.39, 0.29) is 23.9 Å². The Labute approximate surface area is 91.3 Å². The van der Waals surface area contributed by atoms with Gasteiger partial charge in [-0.3, -0.25) is 4.79 Å². The number of aliphatic hydroxyl groups excluding tert-OH is 1. The number of esters is 1. The molecule has 1 saturated carbocycles. The van der Waals surface area contributed by atoms with Crippen LogP contribution in [0.1, 0.15) is 12.8 Å². The van der Waals surface area contributed by atoms with Crippen molar-refractivity contribution in [1.82, 2.24) is 0 Å². The number of ether oxygens (including phenoxy) is 1. The normalized spacial score (nSPS) is 33.9. The number of rotatable bonds is 2. The molecule has 3 atom stereocenters. The number of hydrogen-bond acceptors (Lipinski definition) is 3. The summed E-state index contributed by atoms with van der Waals surface area (Å²) in [5.74, 6) is -0.235. The van der Waals surface area contributed by atoms with Crippen LogP contribution in [0.15, 0.2) is 10.2 Å². The summed E-state index contributed by atoms with van der Waals surface area (Å²) in [5.41, 5.74) is 0. The Bertz CT molecular complexity index is 215. The van der Waals surface area contributed by atoms with Crippen molar-refractivity contribution in [3.63, 3.8) is 0 Å². The Morgan fingerprint density at radius 3 is 2.85 bits per heavy atom. The zero-order valence-corrected chi connectivity index (χ0v) is 9.60. The fourth-order valence-corrected chi connectivity index (χ4v) is 2.30. The first kappa shape index (κ1) is 11.0. The van der Waals surface area contributed by atoms with Crippen molar-refractivity contribution in [3.8, 4) is 0 Å². The number of carbonyl (C=O) groups is 1. The molecular weight excluding hydrogens is 283 g/mol. The second-order valence-corrected chi connectivity index (χ2v) is 3.96.